The van der Waals surface area contributed by atoms with E-state index in [-0.39, 0.29) is 22.7 Å². The number of hydrogen-bond acceptors (Lipinski definition) is 5. The number of benzene rings is 3. The number of nitrogens with zero attached hydrogens (tertiary/aromatic N) is 2. The quantitative estimate of drug-likeness (QED) is 0.117. The number of piperidine rings is 1. The van der Waals surface area contributed by atoms with Gasteiger partial charge in [0.25, 0.3) is 0 Å². The Hall–Kier alpha value is -4.71. The first kappa shape index (κ1) is 34.6. The molecule has 0 aliphatic carbocycles. The van der Waals surface area contributed by atoms with Crippen LogP contribution in [0.1, 0.15) is 66.7 Å². The second-order valence-corrected chi connectivity index (χ2v) is 13.0. The second kappa shape index (κ2) is 14.2. The number of amides is 2. The lowest BCUT2D eigenvalue weighted by molar-refractivity contribution is -0.253. The molecule has 12 heteroatoms. The molecule has 1 fully saturated rings. The standard InChI is InChI=1S/C36H39F4N5O3/c1-22-11-13-27(14-12-22)45-30(21-29(44-45)35(2,3)4)43-34(47)42-26-9-5-7-24(19-26)31(23-15-17-41-18-16-23)32(46)25-8-6-10-28(20-25)48-36(39,40)33(37)38/h5-14,19-21,23,31,33,41H,15-18H2,1-4H3,(H2,42,43,47). The minimum Gasteiger partial charge on any atom is -0.428 e. The number of urea groups is 1. The lowest BCUT2D eigenvalue weighted by Gasteiger charge is -2.30. The third-order valence-electron chi connectivity index (χ3n) is 8.27. The fraction of sp³-hybridized carbons (Fsp3) is 0.361. The van der Waals surface area contributed by atoms with E-state index >= 15 is 0 Å². The minimum absolute atomic E-state index is 0.0521. The predicted molar refractivity (Wildman–Crippen MR) is 177 cm³/mol. The summed E-state index contributed by atoms with van der Waals surface area (Å²) in [7, 11) is 0. The number of nitrogens with one attached hydrogen (secondary N) is 3. The number of ketones is 1. The summed E-state index contributed by atoms with van der Waals surface area (Å²) in [6.45, 7) is 9.46. The van der Waals surface area contributed by atoms with Gasteiger partial charge in [-0.05, 0) is 80.7 Å². The third-order valence-corrected chi connectivity index (χ3v) is 8.27. The molecule has 48 heavy (non-hydrogen) atoms. The largest absolute Gasteiger partial charge is 0.461 e. The van der Waals surface area contributed by atoms with E-state index in [1.165, 1.54) is 12.1 Å². The van der Waals surface area contributed by atoms with Crippen molar-refractivity contribution in [3.05, 3.63) is 101 Å². The summed E-state index contributed by atoms with van der Waals surface area (Å²) >= 11 is 0. The van der Waals surface area contributed by atoms with E-state index in [1.807, 2.05) is 58.0 Å². The molecule has 1 aliphatic rings. The van der Waals surface area contributed by atoms with Gasteiger partial charge in [0.15, 0.2) is 5.78 Å². The zero-order valence-electron chi connectivity index (χ0n) is 27.2. The van der Waals surface area contributed by atoms with Crippen LogP contribution in [0.4, 0.5) is 33.9 Å². The number of aromatic nitrogens is 2. The van der Waals surface area contributed by atoms with E-state index < -0.39 is 30.2 Å². The number of Topliss-reactive ketones (excluding diaryl/α,β-unsaturated/α-hetero) is 1. The van der Waals surface area contributed by atoms with Crippen LogP contribution in [0.5, 0.6) is 5.75 Å². The van der Waals surface area contributed by atoms with E-state index in [2.05, 4.69) is 20.7 Å². The van der Waals surface area contributed by atoms with Crippen molar-refractivity contribution >= 4 is 23.3 Å². The molecule has 4 aromatic rings. The highest BCUT2D eigenvalue weighted by atomic mass is 19.3. The molecule has 8 nitrogen and oxygen atoms in total. The van der Waals surface area contributed by atoms with Gasteiger partial charge in [-0.15, -0.1) is 0 Å². The Kier molecular flexibility index (Phi) is 10.2. The number of alkyl halides is 4. The molecule has 1 aliphatic heterocycles. The van der Waals surface area contributed by atoms with Crippen LogP contribution in [0.3, 0.4) is 0 Å². The van der Waals surface area contributed by atoms with Crippen LogP contribution >= 0.6 is 0 Å². The molecule has 254 valence electrons. The number of carbonyl (C=O) groups excluding carboxylic acids is 2. The molecular weight excluding hydrogens is 626 g/mol. The molecule has 0 saturated carbocycles. The van der Waals surface area contributed by atoms with Crippen LogP contribution < -0.4 is 20.7 Å². The Balaban J connectivity index is 1.40. The van der Waals surface area contributed by atoms with Crippen LogP contribution in [0.25, 0.3) is 5.69 Å². The Morgan fingerprint density at radius 1 is 0.938 bits per heavy atom. The van der Waals surface area contributed by atoms with Gasteiger partial charge in [-0.25, -0.2) is 9.48 Å². The molecule has 1 atom stereocenters. The van der Waals surface area contributed by atoms with Crippen molar-refractivity contribution in [1.82, 2.24) is 15.1 Å². The van der Waals surface area contributed by atoms with Crippen molar-refractivity contribution in [3.8, 4) is 11.4 Å². The first-order valence-electron chi connectivity index (χ1n) is 15.8. The maximum Gasteiger partial charge on any atom is 0.461 e. The topological polar surface area (TPSA) is 97.3 Å². The predicted octanol–water partition coefficient (Wildman–Crippen LogP) is 8.33. The molecule has 3 N–H and O–H groups in total. The zero-order chi connectivity index (χ0) is 34.6. The smallest absolute Gasteiger partial charge is 0.428 e. The highest BCUT2D eigenvalue weighted by molar-refractivity contribution is 6.02. The number of hydrogen-bond donors (Lipinski definition) is 3. The summed E-state index contributed by atoms with van der Waals surface area (Å²) in [6.07, 6.45) is -7.39. The zero-order valence-corrected chi connectivity index (χ0v) is 27.2. The summed E-state index contributed by atoms with van der Waals surface area (Å²) in [4.78, 5) is 27.4. The molecule has 0 radical (unpaired) electrons. The van der Waals surface area contributed by atoms with E-state index in [0.717, 1.165) is 29.1 Å². The van der Waals surface area contributed by atoms with Gasteiger partial charge in [0, 0.05) is 22.7 Å². The lowest BCUT2D eigenvalue weighted by Crippen LogP contribution is -2.34. The fourth-order valence-corrected chi connectivity index (χ4v) is 5.72. The van der Waals surface area contributed by atoms with Gasteiger partial charge >= 0.3 is 18.6 Å². The van der Waals surface area contributed by atoms with Crippen molar-refractivity contribution in [2.45, 2.75) is 64.4 Å². The highest BCUT2D eigenvalue weighted by Gasteiger charge is 2.44. The third kappa shape index (κ3) is 8.22. The first-order valence-corrected chi connectivity index (χ1v) is 15.8. The van der Waals surface area contributed by atoms with Gasteiger partial charge in [-0.2, -0.15) is 22.7 Å². The molecule has 1 saturated heterocycles. The number of ether oxygens (including phenoxy) is 1. The van der Waals surface area contributed by atoms with Gasteiger partial charge in [0.05, 0.1) is 17.3 Å². The molecular formula is C36H39F4N5O3. The lowest BCUT2D eigenvalue weighted by atomic mass is 9.76. The summed E-state index contributed by atoms with van der Waals surface area (Å²) in [5, 5.41) is 13.8. The summed E-state index contributed by atoms with van der Waals surface area (Å²) in [5.41, 5.74) is 3.49. The summed E-state index contributed by atoms with van der Waals surface area (Å²) in [6, 6.07) is 20.9. The van der Waals surface area contributed by atoms with Gasteiger partial charge in [-0.3, -0.25) is 10.1 Å². The molecule has 2 heterocycles. The van der Waals surface area contributed by atoms with E-state index in [9.17, 15) is 27.2 Å². The molecule has 1 unspecified atom stereocenters. The number of halogens is 4. The van der Waals surface area contributed by atoms with Crippen molar-refractivity contribution in [2.75, 3.05) is 23.7 Å². The molecule has 2 amide bonds. The van der Waals surface area contributed by atoms with Crippen molar-refractivity contribution in [2.24, 2.45) is 5.92 Å². The van der Waals surface area contributed by atoms with Crippen LogP contribution in [-0.2, 0) is 5.41 Å². The summed E-state index contributed by atoms with van der Waals surface area (Å²) in [5.74, 6) is -1.23. The fourth-order valence-electron chi connectivity index (χ4n) is 5.72. The van der Waals surface area contributed by atoms with Gasteiger partial charge in [0.2, 0.25) is 0 Å². The average Bonchev–Trinajstić information content (AvgIpc) is 3.46. The number of anilines is 2. The van der Waals surface area contributed by atoms with E-state index in [0.29, 0.717) is 43.0 Å². The first-order chi connectivity index (χ1) is 22.7. The SMILES string of the molecule is Cc1ccc(-n2nc(C(C)(C)C)cc2NC(=O)Nc2cccc(C(C(=O)c3cccc(OC(F)(F)C(F)F)c3)C3CCNCC3)c2)cc1. The maximum atomic E-state index is 14.0. The normalized spacial score (nSPS) is 14.9. The van der Waals surface area contributed by atoms with E-state index in [1.54, 1.807) is 28.9 Å². The number of carbonyl (C=O) groups is 2. The Morgan fingerprint density at radius 2 is 1.62 bits per heavy atom. The molecule has 0 bridgehead atoms. The highest BCUT2D eigenvalue weighted by Crippen LogP contribution is 2.37. The van der Waals surface area contributed by atoms with Crippen LogP contribution in [-0.4, -0.2) is 47.2 Å². The monoisotopic (exact) mass is 665 g/mol. The van der Waals surface area contributed by atoms with Crippen molar-refractivity contribution < 1.29 is 31.9 Å². The van der Waals surface area contributed by atoms with Crippen molar-refractivity contribution in [3.63, 3.8) is 0 Å². The van der Waals surface area contributed by atoms with Gasteiger partial charge in [0.1, 0.15) is 11.6 Å². The maximum absolute atomic E-state index is 14.0. The second-order valence-electron chi connectivity index (χ2n) is 13.0. The van der Waals surface area contributed by atoms with Crippen LogP contribution in [0, 0.1) is 12.8 Å². The average molecular weight is 666 g/mol. The molecule has 0 spiro atoms. The van der Waals surface area contributed by atoms with Crippen LogP contribution in [0.2, 0.25) is 0 Å². The minimum atomic E-state index is -4.71. The number of rotatable bonds is 10. The van der Waals surface area contributed by atoms with Gasteiger partial charge < -0.3 is 15.4 Å². The van der Waals surface area contributed by atoms with E-state index in [4.69, 9.17) is 5.10 Å². The Bertz CT molecular complexity index is 1750. The summed E-state index contributed by atoms with van der Waals surface area (Å²) < 4.78 is 58.7. The molecule has 1 aromatic heterocycles. The Labute approximate surface area is 276 Å². The van der Waals surface area contributed by atoms with Gasteiger partial charge in [-0.1, -0.05) is 62.7 Å². The van der Waals surface area contributed by atoms with Crippen LogP contribution in [0.15, 0.2) is 78.9 Å². The Morgan fingerprint density at radius 3 is 2.29 bits per heavy atom. The van der Waals surface area contributed by atoms with Crippen molar-refractivity contribution in [1.29, 1.82) is 0 Å². The number of aryl methyl sites for hydroxylation is 1. The molecule has 5 rings (SSSR count). The molecule has 3 aromatic carbocycles.